The molecule has 2 atom stereocenters. The van der Waals surface area contributed by atoms with Gasteiger partial charge in [-0.25, -0.2) is 9.97 Å². The largest absolute Gasteiger partial charge is 0.392 e. The van der Waals surface area contributed by atoms with Crippen molar-refractivity contribution in [3.05, 3.63) is 72.2 Å². The second-order valence-electron chi connectivity index (χ2n) is 7.82. The van der Waals surface area contributed by atoms with Gasteiger partial charge in [0.05, 0.1) is 6.61 Å². The number of amides is 1. The van der Waals surface area contributed by atoms with E-state index in [1.807, 2.05) is 36.4 Å². The smallest absolute Gasteiger partial charge is 0.252 e. The third-order valence-electron chi connectivity index (χ3n) is 5.73. The summed E-state index contributed by atoms with van der Waals surface area (Å²) in [6.45, 7) is -0.117. The number of aliphatic hydroxyl groups excluding tert-OH is 1. The lowest BCUT2D eigenvalue weighted by Crippen LogP contribution is -2.49. The van der Waals surface area contributed by atoms with E-state index in [1.54, 1.807) is 18.3 Å². The zero-order chi connectivity index (χ0) is 21.6. The maximum Gasteiger partial charge on any atom is 0.252 e. The fourth-order valence-electron chi connectivity index (χ4n) is 4.06. The summed E-state index contributed by atoms with van der Waals surface area (Å²) in [7, 11) is 0. The lowest BCUT2D eigenvalue weighted by Gasteiger charge is -2.29. The highest BCUT2D eigenvalue weighted by Crippen LogP contribution is 2.31. The van der Waals surface area contributed by atoms with Crippen LogP contribution in [-0.2, 0) is 6.61 Å². The molecule has 7 heteroatoms. The molecule has 0 bridgehead atoms. The number of nitrogens with zero attached hydrogens (tertiary/aromatic N) is 2. The summed E-state index contributed by atoms with van der Waals surface area (Å²) in [4.78, 5) is 21.4. The van der Waals surface area contributed by atoms with Crippen molar-refractivity contribution in [1.29, 1.82) is 0 Å². The van der Waals surface area contributed by atoms with Gasteiger partial charge in [0.1, 0.15) is 12.1 Å². The van der Waals surface area contributed by atoms with Crippen molar-refractivity contribution in [2.45, 2.75) is 44.4 Å². The number of hydrogen-bond acceptors (Lipinski definition) is 6. The number of aromatic nitrogens is 2. The monoisotopic (exact) mass is 417 g/mol. The maximum atomic E-state index is 13.3. The van der Waals surface area contributed by atoms with Gasteiger partial charge in [-0.2, -0.15) is 0 Å². The van der Waals surface area contributed by atoms with E-state index < -0.39 is 0 Å². The van der Waals surface area contributed by atoms with Gasteiger partial charge in [-0.1, -0.05) is 37.1 Å². The lowest BCUT2D eigenvalue weighted by atomic mass is 9.90. The Balaban J connectivity index is 1.70. The molecule has 160 valence electrons. The molecule has 0 radical (unpaired) electrons. The van der Waals surface area contributed by atoms with Crippen LogP contribution in [0, 0.1) is 0 Å². The molecule has 1 aliphatic carbocycles. The number of benzene rings is 2. The molecule has 7 nitrogen and oxygen atoms in total. The molecule has 5 N–H and O–H groups in total. The van der Waals surface area contributed by atoms with Crippen LogP contribution in [0.5, 0.6) is 0 Å². The summed E-state index contributed by atoms with van der Waals surface area (Å²) in [5.41, 5.74) is 9.88. The van der Waals surface area contributed by atoms with Gasteiger partial charge in [0.2, 0.25) is 0 Å². The Kier molecular flexibility index (Phi) is 6.54. The van der Waals surface area contributed by atoms with Crippen LogP contribution in [0.2, 0.25) is 0 Å². The van der Waals surface area contributed by atoms with Gasteiger partial charge in [0.15, 0.2) is 0 Å². The first kappa shape index (κ1) is 21.0. The molecular formula is C24H27N5O2. The van der Waals surface area contributed by atoms with Crippen LogP contribution < -0.4 is 16.4 Å². The minimum absolute atomic E-state index is 0.0235. The first-order valence-corrected chi connectivity index (χ1v) is 10.6. The van der Waals surface area contributed by atoms with Crippen molar-refractivity contribution in [2.24, 2.45) is 5.73 Å². The molecule has 1 amide bonds. The molecule has 31 heavy (non-hydrogen) atoms. The number of nitrogens with two attached hydrogens (primary N) is 1. The molecule has 1 heterocycles. The summed E-state index contributed by atoms with van der Waals surface area (Å²) >= 11 is 0. The fourth-order valence-corrected chi connectivity index (χ4v) is 4.06. The number of hydrogen-bond donors (Lipinski definition) is 4. The highest BCUT2D eigenvalue weighted by atomic mass is 16.3. The van der Waals surface area contributed by atoms with Crippen molar-refractivity contribution in [1.82, 2.24) is 15.3 Å². The number of nitrogens with one attached hydrogen (secondary N) is 2. The summed E-state index contributed by atoms with van der Waals surface area (Å²) in [6.07, 6.45) is 7.12. The van der Waals surface area contributed by atoms with Gasteiger partial charge in [0, 0.05) is 29.5 Å². The molecule has 2 unspecified atom stereocenters. The van der Waals surface area contributed by atoms with Crippen LogP contribution in [0.4, 0.5) is 11.5 Å². The van der Waals surface area contributed by atoms with Gasteiger partial charge >= 0.3 is 0 Å². The molecule has 0 aliphatic heterocycles. The Labute approximate surface area is 181 Å². The van der Waals surface area contributed by atoms with Crippen LogP contribution in [0.25, 0.3) is 11.1 Å². The normalized spacial score (nSPS) is 18.4. The average molecular weight is 418 g/mol. The van der Waals surface area contributed by atoms with Crippen LogP contribution in [-0.4, -0.2) is 33.1 Å². The number of carbonyl (C=O) groups excluding carboxylic acids is 1. The van der Waals surface area contributed by atoms with Crippen LogP contribution in [0.1, 0.15) is 41.6 Å². The molecule has 1 fully saturated rings. The highest BCUT2D eigenvalue weighted by Gasteiger charge is 2.25. The molecular weight excluding hydrogens is 390 g/mol. The second-order valence-corrected chi connectivity index (χ2v) is 7.82. The van der Waals surface area contributed by atoms with Gasteiger partial charge in [-0.3, -0.25) is 4.79 Å². The second kappa shape index (κ2) is 9.68. The topological polar surface area (TPSA) is 113 Å². The van der Waals surface area contributed by atoms with E-state index in [1.165, 1.54) is 6.33 Å². The summed E-state index contributed by atoms with van der Waals surface area (Å²) in [5, 5.41) is 16.2. The zero-order valence-electron chi connectivity index (χ0n) is 17.3. The lowest BCUT2D eigenvalue weighted by molar-refractivity contribution is 0.0922. The maximum absolute atomic E-state index is 13.3. The van der Waals surface area contributed by atoms with E-state index in [0.717, 1.165) is 48.1 Å². The molecule has 2 aromatic carbocycles. The highest BCUT2D eigenvalue weighted by molar-refractivity contribution is 6.02. The van der Waals surface area contributed by atoms with Crippen LogP contribution in [0.3, 0.4) is 0 Å². The minimum Gasteiger partial charge on any atom is -0.392 e. The average Bonchev–Trinajstić information content (AvgIpc) is 2.81. The summed E-state index contributed by atoms with van der Waals surface area (Å²) < 4.78 is 0. The van der Waals surface area contributed by atoms with Crippen molar-refractivity contribution in [3.8, 4) is 11.1 Å². The molecule has 1 aliphatic rings. The molecule has 0 saturated heterocycles. The molecule has 4 rings (SSSR count). The Bertz CT molecular complexity index is 1040. The third-order valence-corrected chi connectivity index (χ3v) is 5.73. The fraction of sp³-hybridized carbons (Fsp3) is 0.292. The number of rotatable bonds is 6. The van der Waals surface area contributed by atoms with E-state index in [-0.39, 0.29) is 24.6 Å². The van der Waals surface area contributed by atoms with Crippen molar-refractivity contribution in [3.63, 3.8) is 0 Å². The van der Waals surface area contributed by atoms with E-state index in [2.05, 4.69) is 20.6 Å². The van der Waals surface area contributed by atoms with E-state index in [9.17, 15) is 9.90 Å². The summed E-state index contributed by atoms with van der Waals surface area (Å²) in [5.74, 6) is 0.500. The van der Waals surface area contributed by atoms with Crippen LogP contribution in [0.15, 0.2) is 61.1 Å². The van der Waals surface area contributed by atoms with Gasteiger partial charge in [-0.05, 0) is 53.8 Å². The zero-order valence-corrected chi connectivity index (χ0v) is 17.3. The molecule has 1 saturated carbocycles. The van der Waals surface area contributed by atoms with E-state index in [0.29, 0.717) is 11.4 Å². The predicted octanol–water partition coefficient (Wildman–Crippen LogP) is 3.38. The number of aliphatic hydroxyl groups is 1. The molecule has 3 aromatic rings. The van der Waals surface area contributed by atoms with Crippen LogP contribution >= 0.6 is 0 Å². The van der Waals surface area contributed by atoms with E-state index in [4.69, 9.17) is 5.73 Å². The van der Waals surface area contributed by atoms with Gasteiger partial charge in [0.25, 0.3) is 5.91 Å². The third kappa shape index (κ3) is 4.90. The Hall–Kier alpha value is -3.29. The van der Waals surface area contributed by atoms with Gasteiger partial charge in [-0.15, -0.1) is 0 Å². The quantitative estimate of drug-likeness (QED) is 0.489. The van der Waals surface area contributed by atoms with Crippen molar-refractivity contribution < 1.29 is 9.90 Å². The molecule has 1 aromatic heterocycles. The van der Waals surface area contributed by atoms with E-state index >= 15 is 0 Å². The minimum atomic E-state index is -0.154. The van der Waals surface area contributed by atoms with Crippen molar-refractivity contribution in [2.75, 3.05) is 5.32 Å². The Morgan fingerprint density at radius 2 is 1.94 bits per heavy atom. The first-order valence-electron chi connectivity index (χ1n) is 10.6. The number of carbonyl (C=O) groups is 1. The molecule has 0 spiro atoms. The standard InChI is InChI=1S/C24H27N5O2/c25-21-7-3-4-8-22(21)29-24(31)19-10-9-17(28-23-11-12-26-15-27-23)13-20(19)18-6-2-1-5-16(18)14-30/h1-2,5-6,9-13,15,21-22,30H,3-4,7-8,14,25H2,(H,29,31)(H,26,27,28). The predicted molar refractivity (Wildman–Crippen MR) is 121 cm³/mol. The Morgan fingerprint density at radius 3 is 2.71 bits per heavy atom. The summed E-state index contributed by atoms with van der Waals surface area (Å²) in [6, 6.07) is 14.8. The Morgan fingerprint density at radius 1 is 1.10 bits per heavy atom. The van der Waals surface area contributed by atoms with Gasteiger partial charge < -0.3 is 21.5 Å². The first-order chi connectivity index (χ1) is 15.2. The SMILES string of the molecule is NC1CCCCC1NC(=O)c1ccc(Nc2ccncn2)cc1-c1ccccc1CO. The van der Waals surface area contributed by atoms with Crippen molar-refractivity contribution >= 4 is 17.4 Å². The number of anilines is 2.